The van der Waals surface area contributed by atoms with Crippen LogP contribution in [-0.2, 0) is 0 Å². The zero-order chi connectivity index (χ0) is 25.8. The van der Waals surface area contributed by atoms with Crippen molar-refractivity contribution in [2.24, 2.45) is 0 Å². The lowest BCUT2D eigenvalue weighted by atomic mass is 9.95. The lowest BCUT2D eigenvalue weighted by Crippen LogP contribution is -2.44. The van der Waals surface area contributed by atoms with E-state index in [-0.39, 0.29) is 33.9 Å². The summed E-state index contributed by atoms with van der Waals surface area (Å²) in [6, 6.07) is 14.3. The highest BCUT2D eigenvalue weighted by molar-refractivity contribution is 6.53. The predicted molar refractivity (Wildman–Crippen MR) is 126 cm³/mol. The van der Waals surface area contributed by atoms with Gasteiger partial charge >= 0.3 is 0 Å². The van der Waals surface area contributed by atoms with Gasteiger partial charge in [-0.25, -0.2) is 0 Å². The second-order valence-corrected chi connectivity index (χ2v) is 7.22. The number of benzene rings is 3. The SMILES string of the molecule is [2H]c1c([2H])c([2H])c(/C(Cl)=C(/c2ccccc2)c2ccc(OCC[N+]([O-])(CC)CC)cc2)c([2H])c1[2H]. The molecule has 0 unspecified atom stereocenters. The minimum atomic E-state index is -0.470. The maximum absolute atomic E-state index is 12.4. The largest absolute Gasteiger partial charge is 0.633 e. The van der Waals surface area contributed by atoms with E-state index in [2.05, 4.69) is 0 Å². The zero-order valence-corrected chi connectivity index (χ0v) is 17.9. The van der Waals surface area contributed by atoms with Crippen LogP contribution < -0.4 is 4.74 Å². The molecule has 0 spiro atoms. The molecule has 0 fully saturated rings. The highest BCUT2D eigenvalue weighted by Crippen LogP contribution is 2.35. The summed E-state index contributed by atoms with van der Waals surface area (Å²) in [6.07, 6.45) is 0. The summed E-state index contributed by atoms with van der Waals surface area (Å²) >= 11 is 6.80. The Morgan fingerprint density at radius 1 is 0.900 bits per heavy atom. The molecule has 0 aliphatic rings. The van der Waals surface area contributed by atoms with Gasteiger partial charge in [-0.15, -0.1) is 0 Å². The fourth-order valence-electron chi connectivity index (χ4n) is 3.10. The number of ether oxygens (including phenoxy) is 1. The Bertz CT molecular complexity index is 1180. The molecule has 0 aromatic heterocycles. The van der Waals surface area contributed by atoms with Crippen molar-refractivity contribution in [3.63, 3.8) is 0 Å². The smallest absolute Gasteiger partial charge is 0.137 e. The summed E-state index contributed by atoms with van der Waals surface area (Å²) in [5.41, 5.74) is 1.90. The average molecular weight is 427 g/mol. The maximum Gasteiger partial charge on any atom is 0.137 e. The highest BCUT2D eigenvalue weighted by atomic mass is 35.5. The molecule has 4 heteroatoms. The molecule has 0 bridgehead atoms. The molecule has 30 heavy (non-hydrogen) atoms. The molecule has 0 N–H and O–H groups in total. The Hall–Kier alpha value is -2.59. The van der Waals surface area contributed by atoms with Gasteiger partial charge < -0.3 is 14.6 Å². The molecular weight excluding hydrogens is 394 g/mol. The number of quaternary nitrogens is 1. The van der Waals surface area contributed by atoms with E-state index in [4.69, 9.17) is 23.2 Å². The van der Waals surface area contributed by atoms with Crippen molar-refractivity contribution < 1.29 is 16.2 Å². The maximum atomic E-state index is 12.4. The summed E-state index contributed by atoms with van der Waals surface area (Å²) < 4.78 is 46.0. The summed E-state index contributed by atoms with van der Waals surface area (Å²) in [5, 5.41) is 12.5. The van der Waals surface area contributed by atoms with Gasteiger partial charge in [-0.3, -0.25) is 0 Å². The van der Waals surface area contributed by atoms with Crippen molar-refractivity contribution >= 4 is 22.2 Å². The van der Waals surface area contributed by atoms with Crippen LogP contribution in [0.1, 0.15) is 37.4 Å². The number of halogens is 1. The molecular formula is C26H28ClNO2. The fourth-order valence-corrected chi connectivity index (χ4v) is 3.41. The molecule has 0 saturated heterocycles. The molecule has 156 valence electrons. The first-order valence-electron chi connectivity index (χ1n) is 12.5. The number of nitrogens with zero attached hydrogens (tertiary/aromatic N) is 1. The van der Waals surface area contributed by atoms with Crippen molar-refractivity contribution in [2.45, 2.75) is 13.8 Å². The Morgan fingerprint density at radius 3 is 2.10 bits per heavy atom. The number of rotatable bonds is 9. The van der Waals surface area contributed by atoms with Gasteiger partial charge in [-0.1, -0.05) is 84.3 Å². The molecule has 3 aromatic carbocycles. The Balaban J connectivity index is 2.04. The van der Waals surface area contributed by atoms with Crippen LogP contribution in [0.25, 0.3) is 10.6 Å². The van der Waals surface area contributed by atoms with Crippen molar-refractivity contribution in [1.82, 2.24) is 0 Å². The topological polar surface area (TPSA) is 32.3 Å². The third kappa shape index (κ3) is 5.51. The van der Waals surface area contributed by atoms with Gasteiger partial charge in [0, 0.05) is 5.57 Å². The number of hydrogen-bond donors (Lipinski definition) is 0. The van der Waals surface area contributed by atoms with Gasteiger partial charge in [-0.2, -0.15) is 0 Å². The first kappa shape index (κ1) is 16.1. The van der Waals surface area contributed by atoms with Gasteiger partial charge in [0.15, 0.2) is 0 Å². The van der Waals surface area contributed by atoms with E-state index >= 15 is 0 Å². The van der Waals surface area contributed by atoms with Crippen LogP contribution in [0, 0.1) is 5.21 Å². The second-order valence-electron chi connectivity index (χ2n) is 6.84. The third-order valence-corrected chi connectivity index (χ3v) is 5.44. The van der Waals surface area contributed by atoms with Gasteiger partial charge in [0.05, 0.1) is 25.0 Å². The standard InChI is InChI=1S/C26H28ClNO2/c1-3-28(29,4-2)19-20-30-24-17-15-22(16-18-24)25(21-11-7-5-8-12-21)26(27)23-13-9-6-10-14-23/h5-18H,3-4,19-20H2,1-2H3/b26-25+/i6D,9D,10D,13D,14D. The molecule has 3 aromatic rings. The molecule has 3 rings (SSSR count). The van der Waals surface area contributed by atoms with E-state index in [0.29, 0.717) is 36.5 Å². The zero-order valence-electron chi connectivity index (χ0n) is 22.2. The van der Waals surface area contributed by atoms with Gasteiger partial charge in [-0.05, 0) is 42.7 Å². The summed E-state index contributed by atoms with van der Waals surface area (Å²) in [7, 11) is 0. The fraction of sp³-hybridized carbons (Fsp3) is 0.231. The van der Waals surface area contributed by atoms with Gasteiger partial charge in [0.2, 0.25) is 0 Å². The average Bonchev–Trinajstić information content (AvgIpc) is 2.88. The first-order valence-corrected chi connectivity index (χ1v) is 10.3. The summed E-state index contributed by atoms with van der Waals surface area (Å²) in [5.74, 6) is 0.596. The highest BCUT2D eigenvalue weighted by Gasteiger charge is 2.14. The molecule has 0 saturated carbocycles. The predicted octanol–water partition coefficient (Wildman–Crippen LogP) is 6.58. The van der Waals surface area contributed by atoms with Crippen LogP contribution in [0.15, 0.2) is 84.8 Å². The lowest BCUT2D eigenvalue weighted by Gasteiger charge is -2.40. The van der Waals surface area contributed by atoms with Crippen molar-refractivity contribution in [1.29, 1.82) is 0 Å². The number of hydrogen-bond acceptors (Lipinski definition) is 2. The summed E-state index contributed by atoms with van der Waals surface area (Å²) in [6.45, 7) is 5.34. The van der Waals surface area contributed by atoms with E-state index in [9.17, 15) is 5.21 Å². The molecule has 0 atom stereocenters. The van der Waals surface area contributed by atoms with Gasteiger partial charge in [0.25, 0.3) is 0 Å². The van der Waals surface area contributed by atoms with Crippen LogP contribution >= 0.6 is 11.6 Å². The molecule has 0 heterocycles. The van der Waals surface area contributed by atoms with E-state index in [0.717, 1.165) is 5.56 Å². The first-order chi connectivity index (χ1) is 16.6. The van der Waals surface area contributed by atoms with Crippen LogP contribution in [0.4, 0.5) is 0 Å². The third-order valence-electron chi connectivity index (χ3n) is 5.06. The number of likely N-dealkylation sites (N-methyl/N-ethyl adjacent to an activating group) is 1. The van der Waals surface area contributed by atoms with Crippen molar-refractivity contribution in [2.75, 3.05) is 26.2 Å². The van der Waals surface area contributed by atoms with E-state index in [1.807, 2.05) is 44.2 Å². The Labute approximate surface area is 191 Å². The molecule has 0 aliphatic carbocycles. The van der Waals surface area contributed by atoms with Gasteiger partial charge in [0.1, 0.15) is 18.9 Å². The normalized spacial score (nSPS) is 14.7. The van der Waals surface area contributed by atoms with E-state index in [1.165, 1.54) is 0 Å². The van der Waals surface area contributed by atoms with Crippen LogP contribution in [0.2, 0.25) is 0 Å². The Kier molecular flexibility index (Phi) is 5.62. The van der Waals surface area contributed by atoms with Crippen LogP contribution in [0.5, 0.6) is 5.75 Å². The quantitative estimate of drug-likeness (QED) is 0.220. The molecule has 0 radical (unpaired) electrons. The Morgan fingerprint density at radius 2 is 1.50 bits per heavy atom. The lowest BCUT2D eigenvalue weighted by molar-refractivity contribution is -0.877. The molecule has 3 nitrogen and oxygen atoms in total. The minimum absolute atomic E-state index is 0.0551. The monoisotopic (exact) mass is 426 g/mol. The minimum Gasteiger partial charge on any atom is -0.633 e. The molecule has 0 amide bonds. The van der Waals surface area contributed by atoms with Crippen LogP contribution in [-0.4, -0.2) is 30.9 Å². The molecule has 0 aliphatic heterocycles. The van der Waals surface area contributed by atoms with Crippen molar-refractivity contribution in [3.05, 3.63) is 107 Å². The number of hydroxylamine groups is 3. The second kappa shape index (κ2) is 10.4. The van der Waals surface area contributed by atoms with Crippen molar-refractivity contribution in [3.8, 4) is 5.75 Å². The van der Waals surface area contributed by atoms with E-state index in [1.54, 1.807) is 24.3 Å². The van der Waals surface area contributed by atoms with E-state index < -0.39 is 18.1 Å². The summed E-state index contributed by atoms with van der Waals surface area (Å²) in [4.78, 5) is 0. The van der Waals surface area contributed by atoms with Crippen LogP contribution in [0.3, 0.4) is 0 Å².